The Morgan fingerprint density at radius 3 is 2.62 bits per heavy atom. The topological polar surface area (TPSA) is 43.6 Å². The molecule has 108 valence electrons. The van der Waals surface area contributed by atoms with Gasteiger partial charge in [0, 0.05) is 12.4 Å². The smallest absolute Gasteiger partial charge is 0.150 e. The van der Waals surface area contributed by atoms with Crippen LogP contribution in [0.5, 0.6) is 0 Å². The molecule has 21 heavy (non-hydrogen) atoms. The average Bonchev–Trinajstić information content (AvgIpc) is 2.94. The van der Waals surface area contributed by atoms with Gasteiger partial charge in [-0.05, 0) is 30.5 Å². The maximum Gasteiger partial charge on any atom is 0.150 e. The van der Waals surface area contributed by atoms with Crippen LogP contribution in [-0.4, -0.2) is 19.5 Å². The summed E-state index contributed by atoms with van der Waals surface area (Å²) in [4.78, 5) is 13.1. The van der Waals surface area contributed by atoms with Gasteiger partial charge in [-0.25, -0.2) is 15.0 Å². The Morgan fingerprint density at radius 2 is 1.95 bits per heavy atom. The third-order valence-electron chi connectivity index (χ3n) is 3.62. The molecule has 2 heterocycles. The molecule has 2 aromatic heterocycles. The van der Waals surface area contributed by atoms with E-state index in [4.69, 9.17) is 11.6 Å². The fourth-order valence-corrected chi connectivity index (χ4v) is 2.79. The molecule has 0 fully saturated rings. The average molecular weight is 301 g/mol. The summed E-state index contributed by atoms with van der Waals surface area (Å²) in [5, 5.41) is 0.461. The molecule has 3 aromatic rings. The van der Waals surface area contributed by atoms with Crippen molar-refractivity contribution in [2.45, 2.75) is 26.8 Å². The van der Waals surface area contributed by atoms with Crippen LogP contribution >= 0.6 is 11.6 Å². The number of nitrogens with zero attached hydrogens (tertiary/aromatic N) is 4. The molecule has 3 rings (SSSR count). The molecule has 0 amide bonds. The van der Waals surface area contributed by atoms with Crippen LogP contribution in [-0.2, 0) is 0 Å². The van der Waals surface area contributed by atoms with E-state index in [0.29, 0.717) is 11.1 Å². The van der Waals surface area contributed by atoms with E-state index in [0.717, 1.165) is 16.7 Å². The van der Waals surface area contributed by atoms with Gasteiger partial charge in [0.15, 0.2) is 5.15 Å². The summed E-state index contributed by atoms with van der Waals surface area (Å²) in [5.74, 6) is 0.436. The molecule has 0 radical (unpaired) electrons. The first-order chi connectivity index (χ1) is 10.1. The lowest BCUT2D eigenvalue weighted by atomic mass is 9.95. The molecule has 0 saturated heterocycles. The zero-order chi connectivity index (χ0) is 15.0. The third kappa shape index (κ3) is 2.63. The normalized spacial score (nSPS) is 13.0. The quantitative estimate of drug-likeness (QED) is 0.733. The summed E-state index contributed by atoms with van der Waals surface area (Å²) >= 11 is 6.09. The van der Waals surface area contributed by atoms with Crippen LogP contribution in [0.25, 0.3) is 11.0 Å². The van der Waals surface area contributed by atoms with Crippen molar-refractivity contribution >= 4 is 22.6 Å². The Labute approximate surface area is 128 Å². The Balaban J connectivity index is 2.13. The Morgan fingerprint density at radius 1 is 1.14 bits per heavy atom. The van der Waals surface area contributed by atoms with Crippen LogP contribution in [0.4, 0.5) is 0 Å². The van der Waals surface area contributed by atoms with E-state index in [1.807, 2.05) is 25.5 Å². The highest BCUT2D eigenvalue weighted by molar-refractivity contribution is 6.30. The number of aromatic nitrogens is 4. The molecule has 1 atom stereocenters. The molecule has 0 aliphatic carbocycles. The Hall–Kier alpha value is -1.94. The number of fused-ring (bicyclic) bond motifs is 1. The molecule has 1 unspecified atom stereocenters. The molecular formula is C16H17ClN4. The molecule has 0 aliphatic rings. The van der Waals surface area contributed by atoms with Crippen molar-refractivity contribution in [1.82, 2.24) is 19.5 Å². The van der Waals surface area contributed by atoms with E-state index in [2.05, 4.69) is 45.5 Å². The van der Waals surface area contributed by atoms with Gasteiger partial charge in [-0.2, -0.15) is 0 Å². The number of hydrogen-bond donors (Lipinski definition) is 0. The number of benzene rings is 1. The van der Waals surface area contributed by atoms with Gasteiger partial charge in [-0.15, -0.1) is 0 Å². The van der Waals surface area contributed by atoms with Gasteiger partial charge in [0.2, 0.25) is 0 Å². The minimum Gasteiger partial charge on any atom is -0.330 e. The van der Waals surface area contributed by atoms with Crippen LogP contribution in [0.3, 0.4) is 0 Å². The van der Waals surface area contributed by atoms with Crippen molar-refractivity contribution in [3.63, 3.8) is 0 Å². The number of halogens is 1. The van der Waals surface area contributed by atoms with Crippen molar-refractivity contribution in [3.8, 4) is 0 Å². The van der Waals surface area contributed by atoms with E-state index in [1.54, 1.807) is 6.20 Å². The lowest BCUT2D eigenvalue weighted by Gasteiger charge is -2.23. The van der Waals surface area contributed by atoms with Crippen LogP contribution in [0.1, 0.15) is 31.1 Å². The van der Waals surface area contributed by atoms with Gasteiger partial charge in [-0.1, -0.05) is 31.5 Å². The monoisotopic (exact) mass is 300 g/mol. The van der Waals surface area contributed by atoms with Crippen molar-refractivity contribution < 1.29 is 0 Å². The van der Waals surface area contributed by atoms with E-state index in [-0.39, 0.29) is 6.04 Å². The van der Waals surface area contributed by atoms with Crippen LogP contribution < -0.4 is 0 Å². The lowest BCUT2D eigenvalue weighted by Crippen LogP contribution is -2.15. The number of rotatable bonds is 3. The molecule has 5 heteroatoms. The highest BCUT2D eigenvalue weighted by Gasteiger charge is 2.18. The maximum atomic E-state index is 6.09. The standard InChI is InChI=1S/C16H17ClN4/c1-10(2)15(21-7-6-18-9-21)12-4-5-13-14(8-12)20-16(17)11(3)19-13/h4-10,15H,1-3H3. The van der Waals surface area contributed by atoms with Gasteiger partial charge in [0.05, 0.1) is 29.1 Å². The van der Waals surface area contributed by atoms with E-state index >= 15 is 0 Å². The van der Waals surface area contributed by atoms with Crippen LogP contribution in [0.2, 0.25) is 5.15 Å². The third-order valence-corrected chi connectivity index (χ3v) is 3.98. The highest BCUT2D eigenvalue weighted by atomic mass is 35.5. The zero-order valence-electron chi connectivity index (χ0n) is 12.3. The van der Waals surface area contributed by atoms with E-state index in [1.165, 1.54) is 5.56 Å². The fourth-order valence-electron chi connectivity index (χ4n) is 2.66. The van der Waals surface area contributed by atoms with E-state index in [9.17, 15) is 0 Å². The van der Waals surface area contributed by atoms with Crippen LogP contribution in [0, 0.1) is 12.8 Å². The van der Waals surface area contributed by atoms with Gasteiger partial charge in [0.25, 0.3) is 0 Å². The minimum absolute atomic E-state index is 0.221. The van der Waals surface area contributed by atoms with Gasteiger partial charge in [-0.3, -0.25) is 0 Å². The van der Waals surface area contributed by atoms with Crippen molar-refractivity contribution in [2.75, 3.05) is 0 Å². The number of imidazole rings is 1. The first-order valence-corrected chi connectivity index (χ1v) is 7.35. The van der Waals surface area contributed by atoms with Gasteiger partial charge >= 0.3 is 0 Å². The van der Waals surface area contributed by atoms with Crippen molar-refractivity contribution in [1.29, 1.82) is 0 Å². The predicted octanol–water partition coefficient (Wildman–Crippen LogP) is 4.03. The summed E-state index contributed by atoms with van der Waals surface area (Å²) in [7, 11) is 0. The summed E-state index contributed by atoms with van der Waals surface area (Å²) in [6, 6.07) is 6.40. The Bertz CT molecular complexity index is 765. The van der Waals surface area contributed by atoms with Gasteiger partial charge < -0.3 is 4.57 Å². The summed E-state index contributed by atoms with van der Waals surface area (Å²) in [5.41, 5.74) is 3.64. The molecule has 0 spiro atoms. The molecule has 0 bridgehead atoms. The predicted molar refractivity (Wildman–Crippen MR) is 84.5 cm³/mol. The van der Waals surface area contributed by atoms with Crippen LogP contribution in [0.15, 0.2) is 36.9 Å². The fraction of sp³-hybridized carbons (Fsp3) is 0.312. The number of aryl methyl sites for hydroxylation is 1. The second kappa shape index (κ2) is 5.45. The summed E-state index contributed by atoms with van der Waals surface area (Å²) in [6.45, 7) is 6.26. The van der Waals surface area contributed by atoms with Crippen molar-refractivity contribution in [3.05, 3.63) is 53.3 Å². The molecule has 0 N–H and O–H groups in total. The summed E-state index contributed by atoms with van der Waals surface area (Å²) in [6.07, 6.45) is 5.64. The first kappa shape index (κ1) is 14.0. The second-order valence-electron chi connectivity index (χ2n) is 5.55. The largest absolute Gasteiger partial charge is 0.330 e. The molecule has 1 aromatic carbocycles. The minimum atomic E-state index is 0.221. The summed E-state index contributed by atoms with van der Waals surface area (Å²) < 4.78 is 2.12. The second-order valence-corrected chi connectivity index (χ2v) is 5.90. The molecule has 4 nitrogen and oxygen atoms in total. The molecule has 0 aliphatic heterocycles. The zero-order valence-corrected chi connectivity index (χ0v) is 13.0. The molecular weight excluding hydrogens is 284 g/mol. The van der Waals surface area contributed by atoms with Gasteiger partial charge in [0.1, 0.15) is 0 Å². The first-order valence-electron chi connectivity index (χ1n) is 6.97. The van der Waals surface area contributed by atoms with E-state index < -0.39 is 0 Å². The highest BCUT2D eigenvalue weighted by Crippen LogP contribution is 2.28. The Kier molecular flexibility index (Phi) is 3.64. The molecule has 0 saturated carbocycles. The van der Waals surface area contributed by atoms with Crippen molar-refractivity contribution in [2.24, 2.45) is 5.92 Å². The lowest BCUT2D eigenvalue weighted by molar-refractivity contribution is 0.437. The number of hydrogen-bond acceptors (Lipinski definition) is 3. The SMILES string of the molecule is Cc1nc2ccc(C(C(C)C)n3ccnc3)cc2nc1Cl. The maximum absolute atomic E-state index is 6.09.